The van der Waals surface area contributed by atoms with Crippen molar-refractivity contribution in [2.75, 3.05) is 37.8 Å². The molecule has 0 spiro atoms. The molecule has 2 fully saturated rings. The molecule has 4 atom stereocenters. The monoisotopic (exact) mass is 346 g/mol. The average Bonchev–Trinajstić information content (AvgIpc) is 2.67. The van der Waals surface area contributed by atoms with Crippen LogP contribution in [0.5, 0.6) is 0 Å². The molecule has 2 aromatic carbocycles. The number of benzene rings is 2. The van der Waals surface area contributed by atoms with Gasteiger partial charge >= 0.3 is 0 Å². The number of hydrogen-bond acceptors (Lipinski definition) is 4. The molecule has 4 bridgehead atoms. The van der Waals surface area contributed by atoms with Gasteiger partial charge in [-0.15, -0.1) is 0 Å². The van der Waals surface area contributed by atoms with Gasteiger partial charge in [0, 0.05) is 35.3 Å². The van der Waals surface area contributed by atoms with Gasteiger partial charge in [-0.25, -0.2) is 0 Å². The van der Waals surface area contributed by atoms with Crippen LogP contribution in [0, 0.1) is 0 Å². The molecule has 4 heteroatoms. The minimum Gasteiger partial charge on any atom is -0.369 e. The minimum absolute atomic E-state index is 0.105. The van der Waals surface area contributed by atoms with Crippen molar-refractivity contribution in [1.82, 2.24) is 9.80 Å². The quantitative estimate of drug-likeness (QED) is 0.768. The fraction of sp³-hybridized carbons (Fsp3) is 0.455. The maximum absolute atomic E-state index is 3.95. The lowest BCUT2D eigenvalue weighted by atomic mass is 9.45. The van der Waals surface area contributed by atoms with Crippen LogP contribution in [0.15, 0.2) is 48.5 Å². The fourth-order valence-electron chi connectivity index (χ4n) is 6.73. The fourth-order valence-corrected chi connectivity index (χ4v) is 6.73. The van der Waals surface area contributed by atoms with Crippen LogP contribution in [0.1, 0.15) is 24.0 Å². The number of nitrogens with one attached hydrogen (secondary N) is 2. The lowest BCUT2D eigenvalue weighted by Gasteiger charge is -2.71. The highest BCUT2D eigenvalue weighted by Gasteiger charge is 2.70. The second-order valence-corrected chi connectivity index (χ2v) is 8.59. The highest BCUT2D eigenvalue weighted by molar-refractivity contribution is 5.72. The zero-order valence-electron chi connectivity index (χ0n) is 15.5. The molecule has 4 aliphatic heterocycles. The van der Waals surface area contributed by atoms with Gasteiger partial charge in [0.05, 0.1) is 12.3 Å². The number of fused-ring (bicyclic) bond motifs is 2. The minimum atomic E-state index is 0.105. The molecule has 0 aromatic heterocycles. The standard InChI is InChI=1S/C22H26N4/c1-25-13-11-22-16-8-4-5-9-17(16)23-19(25)21(22)12-14-26(2)20(22)24-18-10-6-3-7-15(18)21/h3-10,19-20,23-24H,11-14H2,1-2H3/t19-,20-,21-,22+/m1/s1. The van der Waals surface area contributed by atoms with Crippen LogP contribution >= 0.6 is 0 Å². The van der Waals surface area contributed by atoms with Crippen LogP contribution in [0.2, 0.25) is 0 Å². The Bertz CT molecular complexity index is 822. The number of piperidine rings is 2. The summed E-state index contributed by atoms with van der Waals surface area (Å²) < 4.78 is 0. The van der Waals surface area contributed by atoms with Crippen molar-refractivity contribution < 1.29 is 0 Å². The van der Waals surface area contributed by atoms with E-state index >= 15 is 0 Å². The van der Waals surface area contributed by atoms with Crippen LogP contribution in [0.4, 0.5) is 11.4 Å². The second kappa shape index (κ2) is 4.81. The second-order valence-electron chi connectivity index (χ2n) is 8.59. The first kappa shape index (κ1) is 15.1. The van der Waals surface area contributed by atoms with Gasteiger partial charge in [-0.2, -0.15) is 0 Å². The molecule has 26 heavy (non-hydrogen) atoms. The zero-order valence-corrected chi connectivity index (χ0v) is 15.5. The molecule has 0 amide bonds. The third-order valence-corrected chi connectivity index (χ3v) is 7.73. The topological polar surface area (TPSA) is 30.5 Å². The lowest BCUT2D eigenvalue weighted by molar-refractivity contribution is -0.0691. The van der Waals surface area contributed by atoms with Gasteiger partial charge in [0.1, 0.15) is 0 Å². The summed E-state index contributed by atoms with van der Waals surface area (Å²) in [6.45, 7) is 2.25. The predicted octanol–water partition coefficient (Wildman–Crippen LogP) is 3.04. The Balaban J connectivity index is 1.75. The van der Waals surface area contributed by atoms with Gasteiger partial charge < -0.3 is 10.6 Å². The summed E-state index contributed by atoms with van der Waals surface area (Å²) in [7, 11) is 4.59. The molecule has 4 nitrogen and oxygen atoms in total. The molecule has 0 unspecified atom stereocenters. The first-order valence-electron chi connectivity index (χ1n) is 9.81. The SMILES string of the molecule is CN1CC[C@]23c4ccccc4N[C@H]1[C@@]21CCN(C)[C@H]3Nc2ccccc21. The first-order valence-corrected chi connectivity index (χ1v) is 9.81. The molecule has 4 aliphatic rings. The van der Waals surface area contributed by atoms with Crippen molar-refractivity contribution in [2.45, 2.75) is 36.0 Å². The van der Waals surface area contributed by atoms with Gasteiger partial charge in [0.25, 0.3) is 0 Å². The van der Waals surface area contributed by atoms with Crippen LogP contribution in [0.3, 0.4) is 0 Å². The Labute approximate surface area is 155 Å². The molecule has 0 radical (unpaired) electrons. The smallest absolute Gasteiger partial charge is 0.0901 e. The van der Waals surface area contributed by atoms with Crippen molar-refractivity contribution in [3.05, 3.63) is 59.7 Å². The molecule has 6 rings (SSSR count). The molecule has 0 saturated carbocycles. The number of nitrogens with zero attached hydrogens (tertiary/aromatic N) is 2. The third-order valence-electron chi connectivity index (χ3n) is 7.73. The van der Waals surface area contributed by atoms with Gasteiger partial charge in [-0.1, -0.05) is 36.4 Å². The van der Waals surface area contributed by atoms with Gasteiger partial charge in [-0.3, -0.25) is 9.80 Å². The average molecular weight is 346 g/mol. The van der Waals surface area contributed by atoms with E-state index in [4.69, 9.17) is 0 Å². The van der Waals surface area contributed by atoms with E-state index in [0.29, 0.717) is 12.3 Å². The highest BCUT2D eigenvalue weighted by atomic mass is 15.4. The summed E-state index contributed by atoms with van der Waals surface area (Å²) in [4.78, 5) is 5.11. The normalized spacial score (nSPS) is 37.6. The maximum Gasteiger partial charge on any atom is 0.0901 e. The van der Waals surface area contributed by atoms with Crippen LogP contribution < -0.4 is 10.6 Å². The van der Waals surface area contributed by atoms with Crippen molar-refractivity contribution in [3.8, 4) is 0 Å². The summed E-state index contributed by atoms with van der Waals surface area (Å²) in [5.74, 6) is 0. The van der Waals surface area contributed by atoms with Crippen LogP contribution in [-0.4, -0.2) is 49.3 Å². The van der Waals surface area contributed by atoms with Crippen molar-refractivity contribution in [2.24, 2.45) is 0 Å². The molecule has 4 heterocycles. The molecule has 0 aliphatic carbocycles. The van der Waals surface area contributed by atoms with Crippen molar-refractivity contribution in [1.29, 1.82) is 0 Å². The Morgan fingerprint density at radius 2 is 1.15 bits per heavy atom. The van der Waals surface area contributed by atoms with E-state index in [-0.39, 0.29) is 10.8 Å². The van der Waals surface area contributed by atoms with E-state index in [1.165, 1.54) is 35.3 Å². The number of hydrogen-bond donors (Lipinski definition) is 2. The maximum atomic E-state index is 3.95. The zero-order chi connectivity index (χ0) is 17.5. The summed E-state index contributed by atoms with van der Waals surface area (Å²) in [6, 6.07) is 18.1. The van der Waals surface area contributed by atoms with E-state index < -0.39 is 0 Å². The number of para-hydroxylation sites is 2. The number of anilines is 2. The highest BCUT2D eigenvalue weighted by Crippen LogP contribution is 2.65. The Morgan fingerprint density at radius 1 is 0.731 bits per heavy atom. The van der Waals surface area contributed by atoms with Crippen molar-refractivity contribution >= 4 is 11.4 Å². The van der Waals surface area contributed by atoms with E-state index in [9.17, 15) is 0 Å². The lowest BCUT2D eigenvalue weighted by Crippen LogP contribution is -2.80. The molecular formula is C22H26N4. The van der Waals surface area contributed by atoms with Gasteiger partial charge in [0.2, 0.25) is 0 Å². The summed E-state index contributed by atoms with van der Waals surface area (Å²) in [5.41, 5.74) is 5.86. The van der Waals surface area contributed by atoms with Crippen LogP contribution in [-0.2, 0) is 10.8 Å². The summed E-state index contributed by atoms with van der Waals surface area (Å²) >= 11 is 0. The Hall–Kier alpha value is -2.04. The Kier molecular flexibility index (Phi) is 2.79. The van der Waals surface area contributed by atoms with Gasteiger partial charge in [0.15, 0.2) is 0 Å². The number of likely N-dealkylation sites (N-methyl/N-ethyl adjacent to an activating group) is 2. The number of likely N-dealkylation sites (tertiary alicyclic amines) is 2. The van der Waals surface area contributed by atoms with E-state index in [2.05, 4.69) is 83.1 Å². The molecular weight excluding hydrogens is 320 g/mol. The van der Waals surface area contributed by atoms with Crippen molar-refractivity contribution in [3.63, 3.8) is 0 Å². The molecule has 2 N–H and O–H groups in total. The van der Waals surface area contributed by atoms with E-state index in [0.717, 1.165) is 13.1 Å². The number of rotatable bonds is 0. The predicted molar refractivity (Wildman–Crippen MR) is 106 cm³/mol. The third kappa shape index (κ3) is 1.47. The Morgan fingerprint density at radius 3 is 1.62 bits per heavy atom. The van der Waals surface area contributed by atoms with E-state index in [1.807, 2.05) is 0 Å². The molecule has 2 saturated heterocycles. The molecule has 134 valence electrons. The largest absolute Gasteiger partial charge is 0.369 e. The van der Waals surface area contributed by atoms with Gasteiger partial charge in [-0.05, 0) is 50.2 Å². The van der Waals surface area contributed by atoms with Crippen LogP contribution in [0.25, 0.3) is 0 Å². The molecule has 2 aromatic rings. The first-order chi connectivity index (χ1) is 12.7. The summed E-state index contributed by atoms with van der Waals surface area (Å²) in [5, 5.41) is 7.91. The summed E-state index contributed by atoms with van der Waals surface area (Å²) in [6.07, 6.45) is 3.06. The van der Waals surface area contributed by atoms with E-state index in [1.54, 1.807) is 0 Å².